The van der Waals surface area contributed by atoms with Crippen LogP contribution in [0.5, 0.6) is 0 Å². The lowest BCUT2D eigenvalue weighted by molar-refractivity contribution is -0.299. The van der Waals surface area contributed by atoms with E-state index in [2.05, 4.69) is 0 Å². The lowest BCUT2D eigenvalue weighted by Gasteiger charge is -2.45. The zero-order valence-electron chi connectivity index (χ0n) is 19.4. The third-order valence-corrected chi connectivity index (χ3v) is 6.87. The Labute approximate surface area is 210 Å². The molecule has 2 aliphatic heterocycles. The fourth-order valence-corrected chi connectivity index (χ4v) is 5.61. The van der Waals surface area contributed by atoms with Crippen LogP contribution in [0.2, 0.25) is 5.02 Å². The minimum absolute atomic E-state index is 0.0530. The molecule has 2 aliphatic rings. The number of amides is 1. The average molecular weight is 534 g/mol. The first-order valence-electron chi connectivity index (χ1n) is 10.6. The maximum absolute atomic E-state index is 14.7. The lowest BCUT2D eigenvalue weighted by atomic mass is 9.97. The molecule has 1 aromatic rings. The van der Waals surface area contributed by atoms with Crippen molar-refractivity contribution in [3.05, 3.63) is 34.6 Å². The van der Waals surface area contributed by atoms with Gasteiger partial charge in [-0.25, -0.2) is 4.39 Å². The van der Waals surface area contributed by atoms with Gasteiger partial charge in [-0.1, -0.05) is 17.7 Å². The van der Waals surface area contributed by atoms with Crippen LogP contribution in [-0.4, -0.2) is 78.8 Å². The molecule has 0 N–H and O–H groups in total. The molecule has 35 heavy (non-hydrogen) atoms. The van der Waals surface area contributed by atoms with E-state index in [1.807, 2.05) is 0 Å². The topological polar surface area (TPSA) is 118 Å². The summed E-state index contributed by atoms with van der Waals surface area (Å²) in [7, 11) is 1.29. The molecular weight excluding hydrogens is 509 g/mol. The number of halogens is 2. The third kappa shape index (κ3) is 6.24. The Balaban J connectivity index is 1.98. The molecule has 2 heterocycles. The second-order valence-corrected chi connectivity index (χ2v) is 9.32. The lowest BCUT2D eigenvalue weighted by Crippen LogP contribution is -2.63. The van der Waals surface area contributed by atoms with Gasteiger partial charge in [-0.2, -0.15) is 0 Å². The molecule has 13 heteroatoms. The Kier molecular flexibility index (Phi) is 8.97. The van der Waals surface area contributed by atoms with E-state index in [-0.39, 0.29) is 28.8 Å². The van der Waals surface area contributed by atoms with E-state index in [1.165, 1.54) is 42.0 Å². The summed E-state index contributed by atoms with van der Waals surface area (Å²) in [6.07, 6.45) is -6.15. The number of esters is 3. The molecule has 0 aliphatic carbocycles. The van der Waals surface area contributed by atoms with Gasteiger partial charge in [-0.05, 0) is 12.1 Å². The van der Waals surface area contributed by atoms with Crippen molar-refractivity contribution < 1.29 is 47.3 Å². The van der Waals surface area contributed by atoms with Crippen molar-refractivity contribution in [2.75, 3.05) is 19.4 Å². The molecule has 0 bridgehead atoms. The summed E-state index contributed by atoms with van der Waals surface area (Å²) in [6.45, 7) is 3.24. The minimum Gasteiger partial charge on any atom is -0.456 e. The predicted molar refractivity (Wildman–Crippen MR) is 121 cm³/mol. The maximum Gasteiger partial charge on any atom is 0.303 e. The van der Waals surface area contributed by atoms with E-state index in [0.717, 1.165) is 20.8 Å². The second kappa shape index (κ2) is 11.5. The smallest absolute Gasteiger partial charge is 0.303 e. The van der Waals surface area contributed by atoms with E-state index < -0.39 is 59.8 Å². The standard InChI is InChI=1S/C22H25ClFNO9S/c1-10(26)31-18-15(34-22(30-4)20(33-12(3)28)19(18)32-11(2)27)8-25-16(29)9-35-21(25)17-13(23)6-5-7-14(17)24/h5-7,15,18-22H,8-9H2,1-4H3/t15-,18-,19+,20-,21+,22+/m1/s1. The largest absolute Gasteiger partial charge is 0.456 e. The van der Waals surface area contributed by atoms with E-state index >= 15 is 0 Å². The minimum atomic E-state index is -1.30. The second-order valence-electron chi connectivity index (χ2n) is 7.85. The molecule has 1 aromatic carbocycles. The quantitative estimate of drug-likeness (QED) is 0.381. The fourth-order valence-electron chi connectivity index (χ4n) is 4.02. The van der Waals surface area contributed by atoms with E-state index in [9.17, 15) is 23.6 Å². The SMILES string of the molecule is CO[C@H]1O[C@H](CN2C(=O)CS[C@H]2c2c(F)cccc2Cl)[C@@H](OC(C)=O)[C@H](OC(C)=O)[C@H]1OC(C)=O. The number of thioether (sulfide) groups is 1. The Morgan fingerprint density at radius 2 is 1.69 bits per heavy atom. The molecule has 0 unspecified atom stereocenters. The van der Waals surface area contributed by atoms with Gasteiger partial charge in [-0.15, -0.1) is 11.8 Å². The van der Waals surface area contributed by atoms with Crippen molar-refractivity contribution in [3.63, 3.8) is 0 Å². The molecule has 6 atom stereocenters. The molecule has 2 fully saturated rings. The van der Waals surface area contributed by atoms with E-state index in [1.54, 1.807) is 0 Å². The van der Waals surface area contributed by atoms with Crippen molar-refractivity contribution in [1.29, 1.82) is 0 Å². The van der Waals surface area contributed by atoms with Crippen molar-refractivity contribution in [2.24, 2.45) is 0 Å². The fraction of sp³-hybridized carbons (Fsp3) is 0.545. The number of hydrogen-bond acceptors (Lipinski definition) is 10. The number of carbonyl (C=O) groups is 4. The van der Waals surface area contributed by atoms with Crippen LogP contribution < -0.4 is 0 Å². The molecular formula is C22H25ClFNO9S. The number of benzene rings is 1. The summed E-state index contributed by atoms with van der Waals surface area (Å²) >= 11 is 7.41. The van der Waals surface area contributed by atoms with Gasteiger partial charge in [0.2, 0.25) is 5.91 Å². The van der Waals surface area contributed by atoms with Crippen LogP contribution in [-0.2, 0) is 42.9 Å². The maximum atomic E-state index is 14.7. The van der Waals surface area contributed by atoms with Crippen LogP contribution in [0, 0.1) is 5.82 Å². The molecule has 1 amide bonds. The highest BCUT2D eigenvalue weighted by molar-refractivity contribution is 8.00. The number of carbonyl (C=O) groups excluding carboxylic acids is 4. The number of ether oxygens (including phenoxy) is 5. The molecule has 10 nitrogen and oxygen atoms in total. The van der Waals surface area contributed by atoms with Crippen LogP contribution in [0.4, 0.5) is 4.39 Å². The van der Waals surface area contributed by atoms with Crippen LogP contribution in [0.3, 0.4) is 0 Å². The first kappa shape index (κ1) is 27.2. The van der Waals surface area contributed by atoms with Crippen molar-refractivity contribution in [2.45, 2.75) is 56.9 Å². The summed E-state index contributed by atoms with van der Waals surface area (Å²) in [4.78, 5) is 49.7. The van der Waals surface area contributed by atoms with Crippen molar-refractivity contribution in [3.8, 4) is 0 Å². The highest BCUT2D eigenvalue weighted by atomic mass is 35.5. The summed E-state index contributed by atoms with van der Waals surface area (Å²) in [5, 5.41) is -0.636. The van der Waals surface area contributed by atoms with Gasteiger partial charge in [0.05, 0.1) is 12.3 Å². The Bertz CT molecular complexity index is 975. The predicted octanol–water partition coefficient (Wildman–Crippen LogP) is 2.22. The first-order chi connectivity index (χ1) is 16.5. The number of hydrogen-bond donors (Lipinski definition) is 0. The number of rotatable bonds is 7. The third-order valence-electron chi connectivity index (χ3n) is 5.32. The Morgan fingerprint density at radius 3 is 2.26 bits per heavy atom. The average Bonchev–Trinajstić information content (AvgIpc) is 3.11. The van der Waals surface area contributed by atoms with Gasteiger partial charge in [0, 0.05) is 38.5 Å². The molecule has 0 aromatic heterocycles. The summed E-state index contributed by atoms with van der Waals surface area (Å²) in [5.41, 5.74) is 0.127. The van der Waals surface area contributed by atoms with Crippen LogP contribution in [0.25, 0.3) is 0 Å². The van der Waals surface area contributed by atoms with Crippen LogP contribution in [0.1, 0.15) is 31.7 Å². The molecule has 2 saturated heterocycles. The van der Waals surface area contributed by atoms with Gasteiger partial charge < -0.3 is 28.6 Å². The summed E-state index contributed by atoms with van der Waals surface area (Å²) in [5.74, 6) is -3.03. The molecule has 3 rings (SSSR count). The van der Waals surface area contributed by atoms with Crippen LogP contribution >= 0.6 is 23.4 Å². The summed E-state index contributed by atoms with van der Waals surface area (Å²) < 4.78 is 42.0. The van der Waals surface area contributed by atoms with E-state index in [0.29, 0.717) is 0 Å². The summed E-state index contributed by atoms with van der Waals surface area (Å²) in [6, 6.07) is 4.21. The van der Waals surface area contributed by atoms with Gasteiger partial charge in [-0.3, -0.25) is 19.2 Å². The highest BCUT2D eigenvalue weighted by Gasteiger charge is 2.53. The van der Waals surface area contributed by atoms with Crippen molar-refractivity contribution >= 4 is 47.2 Å². The van der Waals surface area contributed by atoms with Gasteiger partial charge in [0.1, 0.15) is 17.3 Å². The molecule has 0 radical (unpaired) electrons. The Hall–Kier alpha value is -2.41. The van der Waals surface area contributed by atoms with Gasteiger partial charge in [0.15, 0.2) is 24.6 Å². The normalized spacial score (nSPS) is 28.5. The zero-order chi connectivity index (χ0) is 25.9. The first-order valence-corrected chi connectivity index (χ1v) is 12.0. The number of nitrogens with zero attached hydrogens (tertiary/aromatic N) is 1. The number of methoxy groups -OCH3 is 1. The van der Waals surface area contributed by atoms with Crippen molar-refractivity contribution in [1.82, 2.24) is 4.90 Å². The van der Waals surface area contributed by atoms with Crippen LogP contribution in [0.15, 0.2) is 18.2 Å². The Morgan fingerprint density at radius 1 is 1.09 bits per heavy atom. The van der Waals surface area contributed by atoms with Gasteiger partial charge in [0.25, 0.3) is 0 Å². The monoisotopic (exact) mass is 533 g/mol. The molecule has 192 valence electrons. The van der Waals surface area contributed by atoms with E-state index in [4.69, 9.17) is 35.3 Å². The highest BCUT2D eigenvalue weighted by Crippen LogP contribution is 2.43. The molecule has 0 spiro atoms. The zero-order valence-corrected chi connectivity index (χ0v) is 21.0. The van der Waals surface area contributed by atoms with Gasteiger partial charge >= 0.3 is 17.9 Å². The molecule has 0 saturated carbocycles.